The topological polar surface area (TPSA) is 102 Å². The third kappa shape index (κ3) is 4.75. The average Bonchev–Trinajstić information content (AvgIpc) is 3.26. The first-order valence-corrected chi connectivity index (χ1v) is 11.7. The van der Waals surface area contributed by atoms with E-state index in [1.807, 2.05) is 0 Å². The van der Waals surface area contributed by atoms with E-state index in [2.05, 4.69) is 31.9 Å². The predicted molar refractivity (Wildman–Crippen MR) is 124 cm³/mol. The Morgan fingerprint density at radius 2 is 1.84 bits per heavy atom. The van der Waals surface area contributed by atoms with Crippen molar-refractivity contribution >= 4 is 78.4 Å². The number of aliphatic carboxylic acids is 1. The van der Waals surface area contributed by atoms with Crippen molar-refractivity contribution in [3.05, 3.63) is 54.3 Å². The molecule has 12 heteroatoms. The molecule has 0 aliphatic carbocycles. The second kappa shape index (κ2) is 9.34. The number of amides is 2. The molecule has 0 bridgehead atoms. The van der Waals surface area contributed by atoms with Crippen molar-refractivity contribution in [2.24, 2.45) is 0 Å². The number of imide groups is 1. The molecule has 2 aromatic rings. The normalized spacial score (nSPS) is 16.2. The average molecular weight is 606 g/mol. The first-order chi connectivity index (χ1) is 15.2. The van der Waals surface area contributed by atoms with Crippen molar-refractivity contribution in [3.8, 4) is 17.2 Å². The number of hydrogen-bond acceptors (Lipinski definition) is 7. The summed E-state index contributed by atoms with van der Waals surface area (Å²) in [5.41, 5.74) is 1.17. The number of halogens is 3. The lowest BCUT2D eigenvalue weighted by atomic mass is 10.1. The zero-order chi connectivity index (χ0) is 23.0. The van der Waals surface area contributed by atoms with E-state index in [0.717, 1.165) is 16.7 Å². The molecule has 1 N–H and O–H groups in total. The lowest BCUT2D eigenvalue weighted by molar-refractivity contribution is -0.139. The zero-order valence-corrected chi connectivity index (χ0v) is 20.6. The highest BCUT2D eigenvalue weighted by molar-refractivity contribution is 9.11. The molecule has 166 valence electrons. The minimum atomic E-state index is -1.11. The molecule has 0 spiro atoms. The number of carbonyl (C=O) groups is 3. The molecular formula is C20H12Br2ClNO7S. The molecule has 0 aromatic heterocycles. The molecule has 0 unspecified atom stereocenters. The van der Waals surface area contributed by atoms with Crippen LogP contribution in [0.3, 0.4) is 0 Å². The third-order valence-electron chi connectivity index (χ3n) is 4.40. The van der Waals surface area contributed by atoms with Gasteiger partial charge in [0.25, 0.3) is 11.1 Å². The molecule has 0 atom stereocenters. The third-order valence-corrected chi connectivity index (χ3v) is 6.84. The molecule has 0 radical (unpaired) electrons. The molecule has 0 saturated carbocycles. The number of fused-ring (bicyclic) bond motifs is 1. The Hall–Kier alpha value is -2.21. The lowest BCUT2D eigenvalue weighted by Crippen LogP contribution is -2.27. The Bertz CT molecular complexity index is 1160. The van der Waals surface area contributed by atoms with Gasteiger partial charge in [0, 0.05) is 11.1 Å². The molecule has 2 amide bonds. The van der Waals surface area contributed by atoms with Crippen molar-refractivity contribution in [2.45, 2.75) is 6.54 Å². The van der Waals surface area contributed by atoms with Crippen LogP contribution in [-0.4, -0.2) is 40.5 Å². The van der Waals surface area contributed by atoms with E-state index >= 15 is 0 Å². The maximum atomic E-state index is 12.9. The highest BCUT2D eigenvalue weighted by Crippen LogP contribution is 2.40. The molecule has 1 fully saturated rings. The Morgan fingerprint density at radius 1 is 1.19 bits per heavy atom. The fourth-order valence-corrected chi connectivity index (χ4v) is 5.48. The van der Waals surface area contributed by atoms with Gasteiger partial charge in [-0.05, 0) is 79.0 Å². The second-order valence-electron chi connectivity index (χ2n) is 6.56. The lowest BCUT2D eigenvalue weighted by Gasteiger charge is -2.14. The summed E-state index contributed by atoms with van der Waals surface area (Å²) in [6, 6.07) is 6.56. The van der Waals surface area contributed by atoms with Crippen LogP contribution in [0.5, 0.6) is 17.2 Å². The van der Waals surface area contributed by atoms with Crippen molar-refractivity contribution < 1.29 is 33.7 Å². The van der Waals surface area contributed by atoms with E-state index in [1.54, 1.807) is 30.3 Å². The van der Waals surface area contributed by atoms with E-state index in [-0.39, 0.29) is 18.2 Å². The van der Waals surface area contributed by atoms with Crippen LogP contribution < -0.4 is 14.2 Å². The Labute approximate surface area is 207 Å². The summed E-state index contributed by atoms with van der Waals surface area (Å²) < 4.78 is 16.8. The van der Waals surface area contributed by atoms with Crippen molar-refractivity contribution in [2.75, 3.05) is 13.4 Å². The van der Waals surface area contributed by atoms with Gasteiger partial charge in [-0.1, -0.05) is 11.6 Å². The van der Waals surface area contributed by atoms with Gasteiger partial charge in [0.15, 0.2) is 18.1 Å². The highest BCUT2D eigenvalue weighted by atomic mass is 79.9. The fraction of sp³-hybridized carbons (Fsp3) is 0.150. The number of carboxylic acids is 1. The van der Waals surface area contributed by atoms with Gasteiger partial charge in [-0.2, -0.15) is 0 Å². The molecule has 32 heavy (non-hydrogen) atoms. The number of carbonyl (C=O) groups excluding carboxylic acids is 2. The molecule has 2 aliphatic heterocycles. The summed E-state index contributed by atoms with van der Waals surface area (Å²) in [7, 11) is 0. The van der Waals surface area contributed by atoms with Crippen LogP contribution in [0.25, 0.3) is 6.08 Å². The number of hydrogen-bond donors (Lipinski definition) is 1. The minimum absolute atomic E-state index is 0.00711. The maximum absolute atomic E-state index is 12.9. The van der Waals surface area contributed by atoms with Gasteiger partial charge in [-0.25, -0.2) is 4.79 Å². The van der Waals surface area contributed by atoms with Crippen LogP contribution in [0.2, 0.25) is 5.02 Å². The summed E-state index contributed by atoms with van der Waals surface area (Å²) in [5, 5.41) is 8.73. The molecule has 1 saturated heterocycles. The van der Waals surface area contributed by atoms with Crippen molar-refractivity contribution in [3.63, 3.8) is 0 Å². The van der Waals surface area contributed by atoms with Gasteiger partial charge in [-0.15, -0.1) is 0 Å². The van der Waals surface area contributed by atoms with Gasteiger partial charge in [0.05, 0.1) is 20.4 Å². The summed E-state index contributed by atoms with van der Waals surface area (Å²) >= 11 is 13.8. The van der Waals surface area contributed by atoms with Gasteiger partial charge < -0.3 is 19.3 Å². The standard InChI is InChI=1S/C20H12Br2ClNO7S/c21-11-1-9(2-12(22)18(11)29-7-17(25)26)3-16-19(27)24(20(28)32-16)6-10-4-14-15(5-13(10)23)31-8-30-14/h1-5H,6-8H2,(H,25,26)/b16-3-. The molecule has 8 nitrogen and oxygen atoms in total. The molecule has 4 rings (SSSR count). The van der Waals surface area contributed by atoms with E-state index < -0.39 is 23.7 Å². The largest absolute Gasteiger partial charge is 0.480 e. The van der Waals surface area contributed by atoms with E-state index in [1.165, 1.54) is 0 Å². The second-order valence-corrected chi connectivity index (χ2v) is 9.67. The number of rotatable bonds is 6. The fourth-order valence-electron chi connectivity index (χ4n) is 2.97. The monoisotopic (exact) mass is 603 g/mol. The van der Waals surface area contributed by atoms with Crippen LogP contribution in [0.1, 0.15) is 11.1 Å². The highest BCUT2D eigenvalue weighted by Gasteiger charge is 2.36. The SMILES string of the molecule is O=C(O)COc1c(Br)cc(/C=C2\SC(=O)N(Cc3cc4c(cc3Cl)OCO4)C2=O)cc1Br. The smallest absolute Gasteiger partial charge is 0.341 e. The number of nitrogens with zero attached hydrogens (tertiary/aromatic N) is 1. The quantitative estimate of drug-likeness (QED) is 0.443. The molecular weight excluding hydrogens is 594 g/mol. The first-order valence-electron chi connectivity index (χ1n) is 8.90. The number of benzene rings is 2. The number of carboxylic acid groups (broad SMARTS) is 1. The zero-order valence-electron chi connectivity index (χ0n) is 15.9. The van der Waals surface area contributed by atoms with Crippen LogP contribution in [0.15, 0.2) is 38.1 Å². The van der Waals surface area contributed by atoms with Gasteiger partial charge in [0.2, 0.25) is 6.79 Å². The van der Waals surface area contributed by atoms with Crippen LogP contribution in [0, 0.1) is 0 Å². The van der Waals surface area contributed by atoms with Gasteiger partial charge in [0.1, 0.15) is 5.75 Å². The first kappa shape index (κ1) is 23.0. The summed E-state index contributed by atoms with van der Waals surface area (Å²) in [6.07, 6.45) is 1.57. The van der Waals surface area contributed by atoms with Gasteiger partial charge >= 0.3 is 5.97 Å². The van der Waals surface area contributed by atoms with Gasteiger partial charge in [-0.3, -0.25) is 14.5 Å². The van der Waals surface area contributed by atoms with Crippen molar-refractivity contribution in [1.29, 1.82) is 0 Å². The maximum Gasteiger partial charge on any atom is 0.341 e. The number of ether oxygens (including phenoxy) is 3. The Morgan fingerprint density at radius 3 is 2.50 bits per heavy atom. The van der Waals surface area contributed by atoms with Crippen LogP contribution in [0.4, 0.5) is 4.79 Å². The van der Waals surface area contributed by atoms with E-state index in [4.69, 9.17) is 30.9 Å². The van der Waals surface area contributed by atoms with Crippen LogP contribution in [-0.2, 0) is 16.1 Å². The Kier molecular flexibility index (Phi) is 6.70. The van der Waals surface area contributed by atoms with Crippen LogP contribution >= 0.6 is 55.2 Å². The molecule has 2 heterocycles. The Balaban J connectivity index is 1.55. The summed E-state index contributed by atoms with van der Waals surface area (Å²) in [5.74, 6) is -0.224. The molecule has 2 aliphatic rings. The predicted octanol–water partition coefficient (Wildman–Crippen LogP) is 5.29. The molecule has 2 aromatic carbocycles. The number of thioether (sulfide) groups is 1. The van der Waals surface area contributed by atoms with Crippen molar-refractivity contribution in [1.82, 2.24) is 4.90 Å². The summed E-state index contributed by atoms with van der Waals surface area (Å²) in [4.78, 5) is 37.5. The van der Waals surface area contributed by atoms with E-state index in [0.29, 0.717) is 42.3 Å². The van der Waals surface area contributed by atoms with E-state index in [9.17, 15) is 14.4 Å². The minimum Gasteiger partial charge on any atom is -0.480 e. The summed E-state index contributed by atoms with van der Waals surface area (Å²) in [6.45, 7) is -0.421.